The van der Waals surface area contributed by atoms with Crippen LogP contribution in [0, 0.1) is 6.92 Å². The van der Waals surface area contributed by atoms with Crippen LogP contribution >= 0.6 is 0 Å². The first-order valence-corrected chi connectivity index (χ1v) is 10.6. The molecule has 1 fully saturated rings. The second kappa shape index (κ2) is 10.7. The summed E-state index contributed by atoms with van der Waals surface area (Å²) >= 11 is 0. The second-order valence-electron chi connectivity index (χ2n) is 7.45. The SMILES string of the molecule is Cc1nnnn1-c1cccc(NC(=O)NCc2cccc(OCCN3CCOCC3)c2)c1. The highest BCUT2D eigenvalue weighted by atomic mass is 16.5. The minimum absolute atomic E-state index is 0.297. The first-order chi connectivity index (χ1) is 15.7. The number of ether oxygens (including phenoxy) is 2. The van der Waals surface area contributed by atoms with Crippen molar-refractivity contribution in [3.05, 3.63) is 59.9 Å². The number of urea groups is 1. The van der Waals surface area contributed by atoms with Gasteiger partial charge in [0, 0.05) is 31.9 Å². The van der Waals surface area contributed by atoms with E-state index in [4.69, 9.17) is 9.47 Å². The van der Waals surface area contributed by atoms with Gasteiger partial charge >= 0.3 is 6.03 Å². The van der Waals surface area contributed by atoms with Crippen molar-refractivity contribution in [1.82, 2.24) is 30.4 Å². The lowest BCUT2D eigenvalue weighted by Gasteiger charge is -2.26. The molecule has 168 valence electrons. The quantitative estimate of drug-likeness (QED) is 0.555. The Morgan fingerprint density at radius 3 is 2.81 bits per heavy atom. The zero-order valence-corrected chi connectivity index (χ0v) is 18.0. The first kappa shape index (κ1) is 21.7. The average Bonchev–Trinajstić information content (AvgIpc) is 3.25. The van der Waals surface area contributed by atoms with Crippen molar-refractivity contribution >= 4 is 11.7 Å². The van der Waals surface area contributed by atoms with E-state index in [2.05, 4.69) is 31.1 Å². The van der Waals surface area contributed by atoms with Crippen molar-refractivity contribution in [2.75, 3.05) is 44.8 Å². The fourth-order valence-corrected chi connectivity index (χ4v) is 3.41. The van der Waals surface area contributed by atoms with Gasteiger partial charge in [0.25, 0.3) is 0 Å². The third-order valence-electron chi connectivity index (χ3n) is 5.11. The molecule has 2 aromatic carbocycles. The topological polar surface area (TPSA) is 106 Å². The number of nitrogens with zero attached hydrogens (tertiary/aromatic N) is 5. The predicted molar refractivity (Wildman–Crippen MR) is 119 cm³/mol. The summed E-state index contributed by atoms with van der Waals surface area (Å²) < 4.78 is 12.8. The molecule has 10 nitrogen and oxygen atoms in total. The monoisotopic (exact) mass is 437 g/mol. The van der Waals surface area contributed by atoms with Gasteiger partial charge in [0.2, 0.25) is 0 Å². The van der Waals surface area contributed by atoms with E-state index in [0.717, 1.165) is 49.8 Å². The molecular weight excluding hydrogens is 410 g/mol. The Bertz CT molecular complexity index is 1030. The van der Waals surface area contributed by atoms with E-state index >= 15 is 0 Å². The molecule has 1 aromatic heterocycles. The van der Waals surface area contributed by atoms with E-state index in [1.54, 1.807) is 4.68 Å². The summed E-state index contributed by atoms with van der Waals surface area (Å²) in [5, 5.41) is 17.2. The number of nitrogens with one attached hydrogen (secondary N) is 2. The molecule has 10 heteroatoms. The molecule has 32 heavy (non-hydrogen) atoms. The van der Waals surface area contributed by atoms with E-state index < -0.39 is 0 Å². The highest BCUT2D eigenvalue weighted by molar-refractivity contribution is 5.89. The molecule has 0 aliphatic carbocycles. The maximum atomic E-state index is 12.4. The van der Waals surface area contributed by atoms with Gasteiger partial charge in [-0.3, -0.25) is 4.90 Å². The molecule has 1 saturated heterocycles. The molecule has 0 saturated carbocycles. The highest BCUT2D eigenvalue weighted by Crippen LogP contribution is 2.15. The number of aryl methyl sites for hydroxylation is 1. The molecule has 2 heterocycles. The van der Waals surface area contributed by atoms with Crippen molar-refractivity contribution in [3.63, 3.8) is 0 Å². The fraction of sp³-hybridized carbons (Fsp3) is 0.364. The van der Waals surface area contributed by atoms with E-state index in [0.29, 0.717) is 24.7 Å². The number of anilines is 1. The molecule has 0 bridgehead atoms. The van der Waals surface area contributed by atoms with Gasteiger partial charge in [0.1, 0.15) is 12.4 Å². The van der Waals surface area contributed by atoms with Gasteiger partial charge in [0.05, 0.1) is 18.9 Å². The average molecular weight is 438 g/mol. The minimum atomic E-state index is -0.297. The minimum Gasteiger partial charge on any atom is -0.492 e. The molecule has 0 radical (unpaired) electrons. The smallest absolute Gasteiger partial charge is 0.319 e. The first-order valence-electron chi connectivity index (χ1n) is 10.6. The van der Waals surface area contributed by atoms with Crippen LogP contribution in [-0.4, -0.2) is 70.6 Å². The normalized spacial score (nSPS) is 14.2. The lowest BCUT2D eigenvalue weighted by Crippen LogP contribution is -2.38. The summed E-state index contributed by atoms with van der Waals surface area (Å²) in [6.45, 7) is 7.15. The predicted octanol–water partition coefficient (Wildman–Crippen LogP) is 2.00. The van der Waals surface area contributed by atoms with Crippen molar-refractivity contribution in [3.8, 4) is 11.4 Å². The van der Waals surface area contributed by atoms with Crippen LogP contribution in [0.25, 0.3) is 5.69 Å². The Labute approximate surface area is 186 Å². The van der Waals surface area contributed by atoms with Crippen LogP contribution in [-0.2, 0) is 11.3 Å². The van der Waals surface area contributed by atoms with Crippen LogP contribution in [0.5, 0.6) is 5.75 Å². The number of hydrogen-bond donors (Lipinski definition) is 2. The molecule has 1 aliphatic rings. The summed E-state index contributed by atoms with van der Waals surface area (Å²) in [4.78, 5) is 14.7. The van der Waals surface area contributed by atoms with Gasteiger partial charge in [0.15, 0.2) is 5.82 Å². The fourth-order valence-electron chi connectivity index (χ4n) is 3.41. The number of rotatable bonds is 8. The maximum Gasteiger partial charge on any atom is 0.319 e. The van der Waals surface area contributed by atoms with Crippen LogP contribution in [0.15, 0.2) is 48.5 Å². The van der Waals surface area contributed by atoms with E-state index in [-0.39, 0.29) is 6.03 Å². The zero-order valence-electron chi connectivity index (χ0n) is 18.0. The van der Waals surface area contributed by atoms with E-state index in [1.165, 1.54) is 0 Å². The van der Waals surface area contributed by atoms with Gasteiger partial charge in [-0.05, 0) is 53.2 Å². The van der Waals surface area contributed by atoms with Crippen LogP contribution in [0.1, 0.15) is 11.4 Å². The Balaban J connectivity index is 1.25. The number of carbonyl (C=O) groups excluding carboxylic acids is 1. The van der Waals surface area contributed by atoms with E-state index in [1.807, 2.05) is 55.5 Å². The number of carbonyl (C=O) groups is 1. The maximum absolute atomic E-state index is 12.4. The molecule has 0 atom stereocenters. The Kier molecular flexibility index (Phi) is 7.26. The molecule has 0 unspecified atom stereocenters. The number of benzene rings is 2. The van der Waals surface area contributed by atoms with Gasteiger partial charge < -0.3 is 20.1 Å². The lowest BCUT2D eigenvalue weighted by molar-refractivity contribution is 0.0322. The summed E-state index contributed by atoms with van der Waals surface area (Å²) in [6, 6.07) is 14.8. The third kappa shape index (κ3) is 6.02. The summed E-state index contributed by atoms with van der Waals surface area (Å²) in [5.74, 6) is 1.46. The number of morpholine rings is 1. The Morgan fingerprint density at radius 2 is 2.00 bits per heavy atom. The molecule has 4 rings (SSSR count). The summed E-state index contributed by atoms with van der Waals surface area (Å²) in [5.41, 5.74) is 2.38. The molecule has 2 amide bonds. The van der Waals surface area contributed by atoms with Gasteiger partial charge in [-0.25, -0.2) is 4.79 Å². The number of hydrogen-bond acceptors (Lipinski definition) is 7. The summed E-state index contributed by atoms with van der Waals surface area (Å²) in [6.07, 6.45) is 0. The molecule has 3 aromatic rings. The van der Waals surface area contributed by atoms with Crippen molar-refractivity contribution in [1.29, 1.82) is 0 Å². The van der Waals surface area contributed by atoms with Crippen molar-refractivity contribution < 1.29 is 14.3 Å². The van der Waals surface area contributed by atoms with Crippen molar-refractivity contribution in [2.24, 2.45) is 0 Å². The van der Waals surface area contributed by atoms with Gasteiger partial charge in [-0.1, -0.05) is 18.2 Å². The largest absolute Gasteiger partial charge is 0.492 e. The Morgan fingerprint density at radius 1 is 1.16 bits per heavy atom. The number of tetrazole rings is 1. The molecule has 0 spiro atoms. The van der Waals surface area contributed by atoms with Crippen LogP contribution in [0.2, 0.25) is 0 Å². The van der Waals surface area contributed by atoms with Crippen molar-refractivity contribution in [2.45, 2.75) is 13.5 Å². The lowest BCUT2D eigenvalue weighted by atomic mass is 10.2. The standard InChI is InChI=1S/C22H27N7O3/c1-17-25-26-27-29(17)20-6-3-5-19(15-20)24-22(30)23-16-18-4-2-7-21(14-18)32-13-10-28-8-11-31-12-9-28/h2-7,14-15H,8-13,16H2,1H3,(H2,23,24,30). The highest BCUT2D eigenvalue weighted by Gasteiger charge is 2.10. The number of aromatic nitrogens is 4. The second-order valence-corrected chi connectivity index (χ2v) is 7.45. The van der Waals surface area contributed by atoms with Gasteiger partial charge in [-0.15, -0.1) is 5.10 Å². The Hall–Kier alpha value is -3.50. The summed E-state index contributed by atoms with van der Waals surface area (Å²) in [7, 11) is 0. The molecular formula is C22H27N7O3. The zero-order chi connectivity index (χ0) is 22.2. The third-order valence-corrected chi connectivity index (χ3v) is 5.11. The van der Waals surface area contributed by atoms with Crippen LogP contribution in [0.4, 0.5) is 10.5 Å². The molecule has 1 aliphatic heterocycles. The van der Waals surface area contributed by atoms with Crippen LogP contribution < -0.4 is 15.4 Å². The van der Waals surface area contributed by atoms with Gasteiger partial charge in [-0.2, -0.15) is 4.68 Å². The van der Waals surface area contributed by atoms with Crippen LogP contribution in [0.3, 0.4) is 0 Å². The van der Waals surface area contributed by atoms with E-state index in [9.17, 15) is 4.79 Å². The molecule has 2 N–H and O–H groups in total. The number of amides is 2.